The first-order chi connectivity index (χ1) is 6.18. The van der Waals surface area contributed by atoms with Gasteiger partial charge in [0.2, 0.25) is 0 Å². The van der Waals surface area contributed by atoms with Crippen LogP contribution >= 0.6 is 11.3 Å². The molecule has 66 valence electrons. The van der Waals surface area contributed by atoms with Crippen LogP contribution in [-0.4, -0.2) is 5.78 Å². The molecule has 3 heteroatoms. The Morgan fingerprint density at radius 1 is 1.46 bits per heavy atom. The lowest BCUT2D eigenvalue weighted by Crippen LogP contribution is -1.83. The highest BCUT2D eigenvalue weighted by molar-refractivity contribution is 7.20. The normalized spacial score (nSPS) is 10.6. The molecule has 0 unspecified atom stereocenters. The predicted molar refractivity (Wildman–Crippen MR) is 51.8 cm³/mol. The van der Waals surface area contributed by atoms with Crippen LogP contribution in [0.5, 0.6) is 0 Å². The molecule has 0 radical (unpaired) electrons. The van der Waals surface area contributed by atoms with Crippen LogP contribution in [0.1, 0.15) is 16.6 Å². The minimum atomic E-state index is -0.263. The molecule has 1 aromatic heterocycles. The SMILES string of the molecule is CC(=O)c1cc2c(F)cccc2s1. The van der Waals surface area contributed by atoms with Crippen LogP contribution in [0, 0.1) is 5.82 Å². The van der Waals surface area contributed by atoms with Gasteiger partial charge in [0.25, 0.3) is 0 Å². The zero-order chi connectivity index (χ0) is 9.42. The molecule has 0 saturated carbocycles. The highest BCUT2D eigenvalue weighted by Gasteiger charge is 2.07. The van der Waals surface area contributed by atoms with Gasteiger partial charge in [-0.3, -0.25) is 4.79 Å². The quantitative estimate of drug-likeness (QED) is 0.637. The molecule has 0 aliphatic heterocycles. The Balaban J connectivity index is 2.75. The maximum absolute atomic E-state index is 13.2. The van der Waals surface area contributed by atoms with Gasteiger partial charge >= 0.3 is 0 Å². The van der Waals surface area contributed by atoms with Crippen molar-refractivity contribution >= 4 is 27.2 Å². The number of Topliss-reactive ketones (excluding diaryl/α,β-unsaturated/α-hetero) is 1. The number of thiophene rings is 1. The lowest BCUT2D eigenvalue weighted by molar-refractivity contribution is 0.102. The Hall–Kier alpha value is -1.22. The first-order valence-electron chi connectivity index (χ1n) is 3.87. The summed E-state index contributed by atoms with van der Waals surface area (Å²) in [6, 6.07) is 6.48. The van der Waals surface area contributed by atoms with E-state index in [1.807, 2.05) is 6.07 Å². The van der Waals surface area contributed by atoms with E-state index in [9.17, 15) is 9.18 Å². The van der Waals surface area contributed by atoms with E-state index in [4.69, 9.17) is 0 Å². The third kappa shape index (κ3) is 1.35. The van der Waals surface area contributed by atoms with E-state index in [-0.39, 0.29) is 11.6 Å². The molecule has 0 bridgehead atoms. The Labute approximate surface area is 78.8 Å². The monoisotopic (exact) mass is 194 g/mol. The summed E-state index contributed by atoms with van der Waals surface area (Å²) in [5.74, 6) is -0.276. The number of ketones is 1. The van der Waals surface area contributed by atoms with Crippen LogP contribution in [0.2, 0.25) is 0 Å². The average Bonchev–Trinajstić information content (AvgIpc) is 2.49. The summed E-state index contributed by atoms with van der Waals surface area (Å²) >= 11 is 1.33. The van der Waals surface area contributed by atoms with Crippen molar-refractivity contribution in [1.29, 1.82) is 0 Å². The van der Waals surface area contributed by atoms with Crippen molar-refractivity contribution < 1.29 is 9.18 Å². The number of hydrogen-bond donors (Lipinski definition) is 0. The highest BCUT2D eigenvalue weighted by atomic mass is 32.1. The van der Waals surface area contributed by atoms with E-state index in [2.05, 4.69) is 0 Å². The van der Waals surface area contributed by atoms with Gasteiger partial charge in [0.15, 0.2) is 5.78 Å². The van der Waals surface area contributed by atoms with Gasteiger partial charge in [-0.1, -0.05) is 6.07 Å². The fourth-order valence-corrected chi connectivity index (χ4v) is 2.17. The van der Waals surface area contributed by atoms with Crippen LogP contribution in [0.25, 0.3) is 10.1 Å². The Morgan fingerprint density at radius 2 is 2.23 bits per heavy atom. The Morgan fingerprint density at radius 3 is 2.85 bits per heavy atom. The van der Waals surface area contributed by atoms with Gasteiger partial charge in [0.05, 0.1) is 4.88 Å². The Bertz CT molecular complexity index is 473. The summed E-state index contributed by atoms with van der Waals surface area (Å²) < 4.78 is 14.0. The molecule has 2 rings (SSSR count). The van der Waals surface area contributed by atoms with Crippen molar-refractivity contribution in [2.24, 2.45) is 0 Å². The third-order valence-corrected chi connectivity index (χ3v) is 3.06. The van der Waals surface area contributed by atoms with E-state index < -0.39 is 0 Å². The first kappa shape index (κ1) is 8.38. The second kappa shape index (κ2) is 2.92. The smallest absolute Gasteiger partial charge is 0.169 e. The molecule has 1 nitrogen and oxygen atoms in total. The van der Waals surface area contributed by atoms with Crippen molar-refractivity contribution in [2.75, 3.05) is 0 Å². The van der Waals surface area contributed by atoms with Crippen molar-refractivity contribution in [3.05, 3.63) is 35.0 Å². The summed E-state index contributed by atoms with van der Waals surface area (Å²) in [6.07, 6.45) is 0. The molecule has 0 fully saturated rings. The molecule has 1 heterocycles. The largest absolute Gasteiger partial charge is 0.294 e. The van der Waals surface area contributed by atoms with Crippen LogP contribution < -0.4 is 0 Å². The van der Waals surface area contributed by atoms with Gasteiger partial charge in [0, 0.05) is 10.1 Å². The number of carbonyl (C=O) groups excluding carboxylic acids is 1. The molecule has 0 spiro atoms. The van der Waals surface area contributed by atoms with Crippen LogP contribution in [0.15, 0.2) is 24.3 Å². The van der Waals surface area contributed by atoms with Crippen LogP contribution in [0.3, 0.4) is 0 Å². The first-order valence-corrected chi connectivity index (χ1v) is 4.69. The van der Waals surface area contributed by atoms with E-state index in [0.29, 0.717) is 10.3 Å². The maximum Gasteiger partial charge on any atom is 0.169 e. The van der Waals surface area contributed by atoms with Crippen LogP contribution in [0.4, 0.5) is 4.39 Å². The van der Waals surface area contributed by atoms with Gasteiger partial charge in [-0.2, -0.15) is 0 Å². The fraction of sp³-hybridized carbons (Fsp3) is 0.100. The van der Waals surface area contributed by atoms with Crippen molar-refractivity contribution in [2.45, 2.75) is 6.92 Å². The highest BCUT2D eigenvalue weighted by Crippen LogP contribution is 2.27. The third-order valence-electron chi connectivity index (χ3n) is 1.86. The second-order valence-corrected chi connectivity index (χ2v) is 3.90. The van der Waals surface area contributed by atoms with E-state index in [0.717, 1.165) is 4.70 Å². The molecular formula is C10H7FOS. The Kier molecular flexibility index (Phi) is 1.88. The van der Waals surface area contributed by atoms with Gasteiger partial charge in [-0.25, -0.2) is 4.39 Å². The van der Waals surface area contributed by atoms with Crippen LogP contribution in [-0.2, 0) is 0 Å². The standard InChI is InChI=1S/C10H7FOS/c1-6(12)10-5-7-8(11)3-2-4-9(7)13-10/h2-5H,1H3. The molecular weight excluding hydrogens is 187 g/mol. The zero-order valence-electron chi connectivity index (χ0n) is 7.00. The molecule has 0 N–H and O–H groups in total. The van der Waals surface area contributed by atoms with Crippen molar-refractivity contribution in [1.82, 2.24) is 0 Å². The fourth-order valence-electron chi connectivity index (χ4n) is 1.20. The van der Waals surface area contributed by atoms with Gasteiger partial charge in [-0.05, 0) is 25.1 Å². The van der Waals surface area contributed by atoms with E-state index in [1.54, 1.807) is 12.1 Å². The topological polar surface area (TPSA) is 17.1 Å². The van der Waals surface area contributed by atoms with E-state index >= 15 is 0 Å². The summed E-state index contributed by atoms with van der Waals surface area (Å²) in [7, 11) is 0. The van der Waals surface area contributed by atoms with Gasteiger partial charge < -0.3 is 0 Å². The second-order valence-electron chi connectivity index (χ2n) is 2.82. The molecule has 0 amide bonds. The summed E-state index contributed by atoms with van der Waals surface area (Å²) in [5.41, 5.74) is 0. The summed E-state index contributed by atoms with van der Waals surface area (Å²) in [6.45, 7) is 1.49. The molecule has 0 aliphatic carbocycles. The number of rotatable bonds is 1. The average molecular weight is 194 g/mol. The zero-order valence-corrected chi connectivity index (χ0v) is 7.82. The van der Waals surface area contributed by atoms with Crippen molar-refractivity contribution in [3.63, 3.8) is 0 Å². The molecule has 13 heavy (non-hydrogen) atoms. The molecule has 2 aromatic rings. The number of carbonyl (C=O) groups is 1. The summed E-state index contributed by atoms with van der Waals surface area (Å²) in [5, 5.41) is 0.540. The van der Waals surface area contributed by atoms with Gasteiger partial charge in [-0.15, -0.1) is 11.3 Å². The lowest BCUT2D eigenvalue weighted by Gasteiger charge is -1.87. The lowest BCUT2D eigenvalue weighted by atomic mass is 10.2. The van der Waals surface area contributed by atoms with Crippen molar-refractivity contribution in [3.8, 4) is 0 Å². The molecule has 1 aromatic carbocycles. The number of benzene rings is 1. The van der Waals surface area contributed by atoms with Gasteiger partial charge in [0.1, 0.15) is 5.82 Å². The summed E-state index contributed by atoms with van der Waals surface area (Å²) in [4.78, 5) is 11.6. The minimum absolute atomic E-state index is 0.0133. The van der Waals surface area contributed by atoms with E-state index in [1.165, 1.54) is 24.3 Å². The maximum atomic E-state index is 13.2. The molecule has 0 saturated heterocycles. The number of fused-ring (bicyclic) bond motifs is 1. The number of halogens is 1. The number of hydrogen-bond acceptors (Lipinski definition) is 2. The molecule has 0 atom stereocenters. The molecule has 0 aliphatic rings. The minimum Gasteiger partial charge on any atom is -0.294 e. The predicted octanol–water partition coefficient (Wildman–Crippen LogP) is 3.24.